The van der Waals surface area contributed by atoms with Crippen LogP contribution in [0.15, 0.2) is 97.2 Å². The van der Waals surface area contributed by atoms with Gasteiger partial charge in [0.1, 0.15) is 6.61 Å². The van der Waals surface area contributed by atoms with Crippen LogP contribution in [0.25, 0.3) is 0 Å². The molecule has 0 aromatic carbocycles. The number of hydrogen-bond donors (Lipinski definition) is 1. The molecule has 5 heteroatoms. The summed E-state index contributed by atoms with van der Waals surface area (Å²) in [5.41, 5.74) is 0. The molecule has 74 heavy (non-hydrogen) atoms. The van der Waals surface area contributed by atoms with Gasteiger partial charge >= 0.3 is 11.9 Å². The number of hydrogen-bond acceptors (Lipinski definition) is 5. The monoisotopic (exact) mass is 1030 g/mol. The van der Waals surface area contributed by atoms with Crippen LogP contribution in [0.3, 0.4) is 0 Å². The standard InChI is InChI=1S/C69H120O5/c1-3-5-7-9-11-13-15-17-19-21-23-25-27-29-30-31-32-33-34-35-36-37-38-40-42-44-46-48-50-52-54-56-58-60-62-64-69(72)74-67(65-70)66-73-68(71)63-61-59-57-55-53-51-49-47-45-43-41-39-28-26-24-22-20-18-16-14-12-10-8-6-4-2/h5,7,11,13,17,19,22-25,29-30,32-33,35-36,67,70H,3-4,6,8-10,12,14-16,18,20-21,26-28,31,34,37-66H2,1-2H3/b7-5-,13-11-,19-17-,24-22-,25-23-,30-29-,33-32-,36-35-. The van der Waals surface area contributed by atoms with E-state index in [1.807, 2.05) is 0 Å². The summed E-state index contributed by atoms with van der Waals surface area (Å²) in [5.74, 6) is -0.584. The van der Waals surface area contributed by atoms with Gasteiger partial charge < -0.3 is 14.6 Å². The van der Waals surface area contributed by atoms with E-state index in [0.29, 0.717) is 12.8 Å². The lowest BCUT2D eigenvalue weighted by molar-refractivity contribution is -0.161. The van der Waals surface area contributed by atoms with Crippen molar-refractivity contribution in [3.63, 3.8) is 0 Å². The van der Waals surface area contributed by atoms with Crippen molar-refractivity contribution >= 4 is 11.9 Å². The maximum absolute atomic E-state index is 12.3. The minimum atomic E-state index is -0.778. The van der Waals surface area contributed by atoms with Crippen LogP contribution in [0.1, 0.15) is 309 Å². The molecule has 1 N–H and O–H groups in total. The van der Waals surface area contributed by atoms with Crippen molar-refractivity contribution in [1.82, 2.24) is 0 Å². The first-order valence-corrected chi connectivity index (χ1v) is 31.8. The van der Waals surface area contributed by atoms with Crippen molar-refractivity contribution in [2.75, 3.05) is 13.2 Å². The SMILES string of the molecule is CC/C=C\C/C=C\C/C=C\C/C=C\C/C=C\C/C=C\C/C=C\CCCCCCCCCCCCCCCC(=O)OC(CO)COC(=O)CCCCCCCCCCCCCCC/C=C\CCCCCCCCCC. The first-order chi connectivity index (χ1) is 36.6. The second kappa shape index (κ2) is 64.1. The zero-order valence-corrected chi connectivity index (χ0v) is 48.8. The van der Waals surface area contributed by atoms with E-state index in [2.05, 4.69) is 111 Å². The van der Waals surface area contributed by atoms with E-state index in [1.165, 1.54) is 199 Å². The van der Waals surface area contributed by atoms with Gasteiger partial charge in [0.05, 0.1) is 6.61 Å². The number of aliphatic hydroxyl groups is 1. The lowest BCUT2D eigenvalue weighted by Gasteiger charge is -2.15. The Bertz CT molecular complexity index is 1400. The zero-order chi connectivity index (χ0) is 53.4. The average molecular weight is 1030 g/mol. The van der Waals surface area contributed by atoms with Crippen LogP contribution in [0, 0.1) is 0 Å². The minimum absolute atomic E-state index is 0.0672. The fourth-order valence-electron chi connectivity index (χ4n) is 9.12. The van der Waals surface area contributed by atoms with E-state index in [4.69, 9.17) is 9.47 Å². The summed E-state index contributed by atoms with van der Waals surface area (Å²) in [5, 5.41) is 9.68. The molecule has 0 saturated heterocycles. The minimum Gasteiger partial charge on any atom is -0.462 e. The maximum Gasteiger partial charge on any atom is 0.306 e. The van der Waals surface area contributed by atoms with Gasteiger partial charge in [0.15, 0.2) is 6.10 Å². The van der Waals surface area contributed by atoms with Crippen LogP contribution >= 0.6 is 0 Å². The normalized spacial score (nSPS) is 12.9. The molecule has 0 aliphatic rings. The Morgan fingerprint density at radius 2 is 0.581 bits per heavy atom. The molecular formula is C69H120O5. The number of aliphatic hydroxyl groups excluding tert-OH is 1. The van der Waals surface area contributed by atoms with Crippen LogP contribution in [0.5, 0.6) is 0 Å². The smallest absolute Gasteiger partial charge is 0.306 e. The van der Waals surface area contributed by atoms with Gasteiger partial charge in [0.25, 0.3) is 0 Å². The van der Waals surface area contributed by atoms with Gasteiger partial charge in [-0.15, -0.1) is 0 Å². The van der Waals surface area contributed by atoms with Crippen molar-refractivity contribution in [2.45, 2.75) is 315 Å². The van der Waals surface area contributed by atoms with Crippen LogP contribution in [0.2, 0.25) is 0 Å². The number of carbonyl (C=O) groups excluding carboxylic acids is 2. The summed E-state index contributed by atoms with van der Waals surface area (Å²) >= 11 is 0. The Labute approximate surface area is 459 Å². The van der Waals surface area contributed by atoms with E-state index in [1.54, 1.807) is 0 Å². The lowest BCUT2D eigenvalue weighted by atomic mass is 10.0. The van der Waals surface area contributed by atoms with Gasteiger partial charge in [-0.3, -0.25) is 9.59 Å². The first-order valence-electron chi connectivity index (χ1n) is 31.8. The summed E-state index contributed by atoms with van der Waals surface area (Å²) in [6.07, 6.45) is 91.2. The Morgan fingerprint density at radius 1 is 0.324 bits per heavy atom. The molecule has 0 saturated carbocycles. The van der Waals surface area contributed by atoms with Gasteiger partial charge in [0.2, 0.25) is 0 Å². The molecule has 1 unspecified atom stereocenters. The molecule has 0 aliphatic heterocycles. The Hall–Kier alpha value is -3.18. The number of ether oxygens (including phenoxy) is 2. The predicted octanol–water partition coefficient (Wildman–Crippen LogP) is 21.9. The molecule has 0 bridgehead atoms. The van der Waals surface area contributed by atoms with Crippen LogP contribution in [-0.4, -0.2) is 36.4 Å². The Balaban J connectivity index is 3.49. The molecule has 1 atom stereocenters. The fraction of sp³-hybridized carbons (Fsp3) is 0.739. The van der Waals surface area contributed by atoms with Crippen LogP contribution < -0.4 is 0 Å². The summed E-state index contributed by atoms with van der Waals surface area (Å²) in [4.78, 5) is 24.6. The molecule has 5 nitrogen and oxygen atoms in total. The summed E-state index contributed by atoms with van der Waals surface area (Å²) < 4.78 is 10.7. The number of carbonyl (C=O) groups is 2. The molecule has 426 valence electrons. The highest BCUT2D eigenvalue weighted by Gasteiger charge is 2.16. The molecule has 0 rings (SSSR count). The molecular weight excluding hydrogens is 909 g/mol. The first kappa shape index (κ1) is 70.8. The van der Waals surface area contributed by atoms with Crippen molar-refractivity contribution in [3.05, 3.63) is 97.2 Å². The van der Waals surface area contributed by atoms with Crippen molar-refractivity contribution < 1.29 is 24.2 Å². The second-order valence-electron chi connectivity index (χ2n) is 21.1. The van der Waals surface area contributed by atoms with E-state index in [0.717, 1.165) is 83.5 Å². The third-order valence-electron chi connectivity index (χ3n) is 13.9. The molecule has 0 amide bonds. The van der Waals surface area contributed by atoms with Gasteiger partial charge in [0, 0.05) is 12.8 Å². The van der Waals surface area contributed by atoms with E-state index >= 15 is 0 Å². The van der Waals surface area contributed by atoms with E-state index in [-0.39, 0.29) is 25.2 Å². The quantitative estimate of drug-likeness (QED) is 0.0373. The molecule has 0 radical (unpaired) electrons. The van der Waals surface area contributed by atoms with Gasteiger partial charge in [-0.25, -0.2) is 0 Å². The van der Waals surface area contributed by atoms with E-state index < -0.39 is 6.10 Å². The predicted molar refractivity (Wildman–Crippen MR) is 325 cm³/mol. The fourth-order valence-corrected chi connectivity index (χ4v) is 9.12. The largest absolute Gasteiger partial charge is 0.462 e. The topological polar surface area (TPSA) is 72.8 Å². The average Bonchev–Trinajstić information content (AvgIpc) is 3.40. The van der Waals surface area contributed by atoms with Gasteiger partial charge in [-0.05, 0) is 96.3 Å². The van der Waals surface area contributed by atoms with Crippen LogP contribution in [-0.2, 0) is 19.1 Å². The molecule has 0 heterocycles. The molecule has 0 fully saturated rings. The summed E-state index contributed by atoms with van der Waals surface area (Å²) in [7, 11) is 0. The van der Waals surface area contributed by atoms with Crippen LogP contribution in [0.4, 0.5) is 0 Å². The molecule has 0 aromatic rings. The highest BCUT2D eigenvalue weighted by Crippen LogP contribution is 2.17. The van der Waals surface area contributed by atoms with Crippen molar-refractivity contribution in [3.8, 4) is 0 Å². The van der Waals surface area contributed by atoms with Crippen molar-refractivity contribution in [1.29, 1.82) is 0 Å². The van der Waals surface area contributed by atoms with Gasteiger partial charge in [-0.2, -0.15) is 0 Å². The molecule has 0 aromatic heterocycles. The van der Waals surface area contributed by atoms with Crippen molar-refractivity contribution in [2.24, 2.45) is 0 Å². The van der Waals surface area contributed by atoms with E-state index in [9.17, 15) is 14.7 Å². The highest BCUT2D eigenvalue weighted by atomic mass is 16.6. The number of unbranched alkanes of at least 4 members (excludes halogenated alkanes) is 34. The maximum atomic E-state index is 12.3. The zero-order valence-electron chi connectivity index (χ0n) is 48.8. The Morgan fingerprint density at radius 3 is 0.892 bits per heavy atom. The molecule has 0 aliphatic carbocycles. The number of rotatable bonds is 58. The number of allylic oxidation sites excluding steroid dienone is 16. The Kier molecular flexibility index (Phi) is 61.4. The third-order valence-corrected chi connectivity index (χ3v) is 13.9. The van der Waals surface area contributed by atoms with Gasteiger partial charge in [-0.1, -0.05) is 297 Å². The summed E-state index contributed by atoms with van der Waals surface area (Å²) in [6, 6.07) is 0. The third kappa shape index (κ3) is 61.4. The lowest BCUT2D eigenvalue weighted by Crippen LogP contribution is -2.28. The molecule has 0 spiro atoms. The number of esters is 2. The highest BCUT2D eigenvalue weighted by molar-refractivity contribution is 5.70. The summed E-state index contributed by atoms with van der Waals surface area (Å²) in [6.45, 7) is 4.05. The second-order valence-corrected chi connectivity index (χ2v) is 21.1.